The lowest BCUT2D eigenvalue weighted by Crippen LogP contribution is -2.11. The number of hydrogen-bond acceptors (Lipinski definition) is 2. The first kappa shape index (κ1) is 25.6. The molecule has 6 rings (SSSR count). The van der Waals surface area contributed by atoms with E-state index in [2.05, 4.69) is 148 Å². The second-order valence-corrected chi connectivity index (χ2v) is 10.9. The largest absolute Gasteiger partial charge is 0.323 e. The van der Waals surface area contributed by atoms with Gasteiger partial charge in [-0.1, -0.05) is 138 Å². The van der Waals surface area contributed by atoms with Crippen molar-refractivity contribution in [3.63, 3.8) is 0 Å². The van der Waals surface area contributed by atoms with Crippen LogP contribution in [0.3, 0.4) is 0 Å². The van der Waals surface area contributed by atoms with E-state index >= 15 is 0 Å². The van der Waals surface area contributed by atoms with Gasteiger partial charge in [-0.2, -0.15) is 0 Å². The van der Waals surface area contributed by atoms with E-state index in [0.717, 1.165) is 27.9 Å². The number of fused-ring (bicyclic) bond motifs is 1. The zero-order valence-electron chi connectivity index (χ0n) is 23.5. The van der Waals surface area contributed by atoms with Gasteiger partial charge >= 0.3 is 0 Å². The molecule has 0 spiro atoms. The number of rotatable bonds is 5. The summed E-state index contributed by atoms with van der Waals surface area (Å²) in [7, 11) is 0. The van der Waals surface area contributed by atoms with Crippen LogP contribution in [0.15, 0.2) is 115 Å². The monoisotopic (exact) mass is 518 g/mol. The summed E-state index contributed by atoms with van der Waals surface area (Å²) in [5.74, 6) is 6.49. The quantitative estimate of drug-likeness (QED) is 0.176. The Morgan fingerprint density at radius 3 is 1.38 bits per heavy atom. The Labute approximate surface area is 237 Å². The van der Waals surface area contributed by atoms with Crippen molar-refractivity contribution >= 4 is 16.5 Å². The highest BCUT2D eigenvalue weighted by atomic mass is 15.2. The first-order valence-corrected chi connectivity index (χ1v) is 13.8. The molecular formula is C38H34N2. The third-order valence-electron chi connectivity index (χ3n) is 7.73. The maximum absolute atomic E-state index is 6.49. The van der Waals surface area contributed by atoms with Gasteiger partial charge < -0.3 is 5.43 Å². The summed E-state index contributed by atoms with van der Waals surface area (Å²) < 4.78 is 0. The van der Waals surface area contributed by atoms with E-state index < -0.39 is 0 Å². The van der Waals surface area contributed by atoms with Gasteiger partial charge in [0.1, 0.15) is 0 Å². The van der Waals surface area contributed by atoms with Gasteiger partial charge in [0.15, 0.2) is 0 Å². The molecule has 6 aromatic rings. The molecule has 0 amide bonds. The van der Waals surface area contributed by atoms with Gasteiger partial charge in [-0.05, 0) is 66.3 Å². The summed E-state index contributed by atoms with van der Waals surface area (Å²) in [6.07, 6.45) is 0. The molecule has 2 heteroatoms. The molecule has 0 unspecified atom stereocenters. The Bertz CT molecular complexity index is 1880. The molecule has 0 aliphatic rings. The van der Waals surface area contributed by atoms with E-state index in [1.807, 2.05) is 0 Å². The van der Waals surface area contributed by atoms with Crippen molar-refractivity contribution in [3.05, 3.63) is 138 Å². The smallest absolute Gasteiger partial charge is 0.0654 e. The molecule has 0 bridgehead atoms. The van der Waals surface area contributed by atoms with E-state index in [4.69, 9.17) is 5.84 Å². The summed E-state index contributed by atoms with van der Waals surface area (Å²) in [6, 6.07) is 41.7. The average molecular weight is 519 g/mol. The second-order valence-electron chi connectivity index (χ2n) is 10.9. The topological polar surface area (TPSA) is 38.0 Å². The summed E-state index contributed by atoms with van der Waals surface area (Å²) in [5.41, 5.74) is 18.3. The zero-order chi connectivity index (χ0) is 27.8. The molecule has 0 atom stereocenters. The molecule has 0 fully saturated rings. The molecule has 0 aromatic heterocycles. The molecule has 2 nitrogen and oxygen atoms in total. The van der Waals surface area contributed by atoms with Crippen molar-refractivity contribution in [1.82, 2.24) is 0 Å². The average Bonchev–Trinajstić information content (AvgIpc) is 2.95. The lowest BCUT2D eigenvalue weighted by Gasteiger charge is -2.25. The maximum atomic E-state index is 6.49. The number of anilines is 1. The molecule has 0 heterocycles. The first-order chi connectivity index (χ1) is 19.4. The molecule has 0 aliphatic carbocycles. The Morgan fingerprint density at radius 2 is 0.875 bits per heavy atom. The van der Waals surface area contributed by atoms with Crippen molar-refractivity contribution in [1.29, 1.82) is 0 Å². The molecular weight excluding hydrogens is 484 g/mol. The number of aryl methyl sites for hydroxylation is 4. The van der Waals surface area contributed by atoms with Gasteiger partial charge in [-0.3, -0.25) is 5.84 Å². The van der Waals surface area contributed by atoms with Crippen LogP contribution >= 0.6 is 0 Å². The van der Waals surface area contributed by atoms with Crippen molar-refractivity contribution in [3.8, 4) is 44.5 Å². The van der Waals surface area contributed by atoms with Crippen LogP contribution in [0.4, 0.5) is 5.69 Å². The minimum Gasteiger partial charge on any atom is -0.323 e. The van der Waals surface area contributed by atoms with Gasteiger partial charge in [-0.25, -0.2) is 0 Å². The van der Waals surface area contributed by atoms with Gasteiger partial charge in [0.05, 0.1) is 5.69 Å². The highest BCUT2D eigenvalue weighted by Gasteiger charge is 2.24. The first-order valence-electron chi connectivity index (χ1n) is 13.8. The molecule has 6 aromatic carbocycles. The maximum Gasteiger partial charge on any atom is 0.0654 e. The number of nitrogens with one attached hydrogen (secondary N) is 1. The Kier molecular flexibility index (Phi) is 6.71. The Morgan fingerprint density at radius 1 is 0.450 bits per heavy atom. The van der Waals surface area contributed by atoms with Crippen molar-refractivity contribution in [2.24, 2.45) is 5.84 Å². The lowest BCUT2D eigenvalue weighted by molar-refractivity contribution is 1.35. The standard InChI is InChI=1S/C38H34N2/c1-24-10-5-14-28(20-24)32-18-9-19-33-34(29-15-6-11-25(2)21-29)38(40-39)36(31-17-8-13-27(4)23-31)35(37(32)33)30-16-7-12-26(3)22-30/h5-23,40H,39H2,1-4H3. The normalized spacial score (nSPS) is 11.1. The fourth-order valence-electron chi connectivity index (χ4n) is 6.02. The minimum atomic E-state index is 0.932. The van der Waals surface area contributed by atoms with Crippen LogP contribution in [0.1, 0.15) is 22.3 Å². The third kappa shape index (κ3) is 4.57. The molecule has 40 heavy (non-hydrogen) atoms. The van der Waals surface area contributed by atoms with Crippen LogP contribution in [0.25, 0.3) is 55.3 Å². The summed E-state index contributed by atoms with van der Waals surface area (Å²) in [6.45, 7) is 8.60. The highest BCUT2D eigenvalue weighted by molar-refractivity contribution is 6.21. The minimum absolute atomic E-state index is 0.932. The fourth-order valence-corrected chi connectivity index (χ4v) is 6.02. The SMILES string of the molecule is Cc1cccc(-c2c(NN)c(-c3cccc(C)c3)c3cccc(-c4cccc(C)c4)c3c2-c2cccc(C)c2)c1. The molecule has 3 N–H and O–H groups in total. The van der Waals surface area contributed by atoms with Crippen LogP contribution in [-0.2, 0) is 0 Å². The molecule has 0 saturated carbocycles. The number of hydrogen-bond donors (Lipinski definition) is 2. The number of hydrazine groups is 1. The van der Waals surface area contributed by atoms with Gasteiger partial charge in [-0.15, -0.1) is 0 Å². The predicted molar refractivity (Wildman–Crippen MR) is 172 cm³/mol. The van der Waals surface area contributed by atoms with E-state index in [1.54, 1.807) is 0 Å². The number of benzene rings is 6. The summed E-state index contributed by atoms with van der Waals surface area (Å²) in [4.78, 5) is 0. The van der Waals surface area contributed by atoms with Gasteiger partial charge in [0.2, 0.25) is 0 Å². The van der Waals surface area contributed by atoms with Crippen LogP contribution in [0.2, 0.25) is 0 Å². The molecule has 0 radical (unpaired) electrons. The van der Waals surface area contributed by atoms with Gasteiger partial charge in [0, 0.05) is 16.7 Å². The van der Waals surface area contributed by atoms with Crippen molar-refractivity contribution in [2.75, 3.05) is 5.43 Å². The predicted octanol–water partition coefficient (Wildman–Crippen LogP) is 10.0. The molecule has 0 aliphatic heterocycles. The van der Waals surface area contributed by atoms with Gasteiger partial charge in [0.25, 0.3) is 0 Å². The van der Waals surface area contributed by atoms with E-state index in [0.29, 0.717) is 0 Å². The molecule has 0 saturated heterocycles. The third-order valence-corrected chi connectivity index (χ3v) is 7.73. The number of nitrogen functional groups attached to an aromatic ring is 1. The fraction of sp³-hybridized carbons (Fsp3) is 0.105. The van der Waals surface area contributed by atoms with Crippen LogP contribution in [0.5, 0.6) is 0 Å². The highest BCUT2D eigenvalue weighted by Crippen LogP contribution is 2.51. The summed E-state index contributed by atoms with van der Waals surface area (Å²) in [5, 5.41) is 2.40. The molecule has 196 valence electrons. The van der Waals surface area contributed by atoms with E-state index in [-0.39, 0.29) is 0 Å². The van der Waals surface area contributed by atoms with Crippen LogP contribution in [-0.4, -0.2) is 0 Å². The Hall–Kier alpha value is -4.66. The summed E-state index contributed by atoms with van der Waals surface area (Å²) >= 11 is 0. The van der Waals surface area contributed by atoms with E-state index in [9.17, 15) is 0 Å². The van der Waals surface area contributed by atoms with Crippen molar-refractivity contribution < 1.29 is 0 Å². The number of nitrogens with two attached hydrogens (primary N) is 1. The van der Waals surface area contributed by atoms with Crippen molar-refractivity contribution in [2.45, 2.75) is 27.7 Å². The Balaban J connectivity index is 1.91. The van der Waals surface area contributed by atoms with Crippen LogP contribution < -0.4 is 11.3 Å². The van der Waals surface area contributed by atoms with Crippen LogP contribution in [0, 0.1) is 27.7 Å². The van der Waals surface area contributed by atoms with E-state index in [1.165, 1.54) is 55.3 Å². The lowest BCUT2D eigenvalue weighted by atomic mass is 9.80. The zero-order valence-corrected chi connectivity index (χ0v) is 23.5. The second kappa shape index (κ2) is 10.5.